The highest BCUT2D eigenvalue weighted by Gasteiger charge is 2.35. The van der Waals surface area contributed by atoms with Crippen LogP contribution in [0.15, 0.2) is 24.3 Å². The van der Waals surface area contributed by atoms with Gasteiger partial charge >= 0.3 is 0 Å². The highest BCUT2D eigenvalue weighted by Crippen LogP contribution is 2.47. The lowest BCUT2D eigenvalue weighted by Crippen LogP contribution is -2.16. The maximum atomic E-state index is 13.9. The van der Waals surface area contributed by atoms with Crippen molar-refractivity contribution in [2.45, 2.75) is 31.6 Å². The molecule has 3 nitrogen and oxygen atoms in total. The lowest BCUT2D eigenvalue weighted by molar-refractivity contribution is 0.337. The van der Waals surface area contributed by atoms with Crippen LogP contribution in [0.4, 0.5) is 4.39 Å². The second kappa shape index (κ2) is 6.01. The van der Waals surface area contributed by atoms with Gasteiger partial charge in [0.1, 0.15) is 17.3 Å². The largest absolute Gasteiger partial charge is 0.490 e. The van der Waals surface area contributed by atoms with Gasteiger partial charge in [0.15, 0.2) is 0 Å². The van der Waals surface area contributed by atoms with Gasteiger partial charge in [0.25, 0.3) is 0 Å². The predicted octanol–water partition coefficient (Wildman–Crippen LogP) is 4.49. The third kappa shape index (κ3) is 2.58. The maximum Gasteiger partial charge on any atom is 0.149 e. The Balaban J connectivity index is 1.91. The molecule has 0 bridgehead atoms. The topological polar surface area (TPSA) is 48.1 Å². The normalized spacial score (nSPS) is 20.6. The van der Waals surface area contributed by atoms with Gasteiger partial charge < -0.3 is 10.5 Å². The Hall–Kier alpha value is -1.65. The minimum absolute atomic E-state index is 0.0863. The van der Waals surface area contributed by atoms with Crippen molar-refractivity contribution in [1.82, 2.24) is 4.98 Å². The molecule has 2 N–H and O–H groups in total. The quantitative estimate of drug-likeness (QED) is 0.887. The van der Waals surface area contributed by atoms with Crippen molar-refractivity contribution in [1.29, 1.82) is 0 Å². The molecule has 1 aliphatic carbocycles. The molecule has 5 heteroatoms. The molecule has 2 aromatic rings. The first kappa shape index (κ1) is 15.9. The summed E-state index contributed by atoms with van der Waals surface area (Å²) in [5.41, 5.74) is 9.32. The van der Waals surface area contributed by atoms with Crippen LogP contribution in [0.5, 0.6) is 5.75 Å². The number of fused-ring (bicyclic) bond motifs is 1. The zero-order chi connectivity index (χ0) is 16.8. The Bertz CT molecular complexity index is 791. The summed E-state index contributed by atoms with van der Waals surface area (Å²) < 4.78 is 19.8. The summed E-state index contributed by atoms with van der Waals surface area (Å²) in [6.45, 7) is 3.31. The van der Waals surface area contributed by atoms with Crippen LogP contribution in [-0.4, -0.2) is 18.1 Å². The van der Waals surface area contributed by atoms with E-state index >= 15 is 0 Å². The molecule has 24 heavy (non-hydrogen) atoms. The monoisotopic (exact) mass is 346 g/mol. The van der Waals surface area contributed by atoms with Gasteiger partial charge in [-0.15, -0.1) is 0 Å². The van der Waals surface area contributed by atoms with E-state index in [-0.39, 0.29) is 16.9 Å². The number of halogens is 2. The van der Waals surface area contributed by atoms with Gasteiger partial charge in [0.2, 0.25) is 0 Å². The average Bonchev–Trinajstić information content (AvgIpc) is 3.34. The van der Waals surface area contributed by atoms with Gasteiger partial charge in [-0.3, -0.25) is 0 Å². The zero-order valence-electron chi connectivity index (χ0n) is 13.6. The molecular formula is C19H20ClFN2O. The minimum atomic E-state index is -0.446. The van der Waals surface area contributed by atoms with E-state index in [1.165, 1.54) is 18.9 Å². The molecule has 0 amide bonds. The van der Waals surface area contributed by atoms with Crippen LogP contribution >= 0.6 is 11.6 Å². The molecule has 0 spiro atoms. The van der Waals surface area contributed by atoms with Crippen LogP contribution in [0.25, 0.3) is 11.3 Å². The molecule has 1 fully saturated rings. The summed E-state index contributed by atoms with van der Waals surface area (Å²) in [5.74, 6) is 1.41. The number of hydrogen-bond donors (Lipinski definition) is 1. The summed E-state index contributed by atoms with van der Waals surface area (Å²) in [7, 11) is 0. The van der Waals surface area contributed by atoms with Crippen molar-refractivity contribution >= 4 is 11.6 Å². The van der Waals surface area contributed by atoms with Crippen molar-refractivity contribution < 1.29 is 9.13 Å². The molecule has 0 radical (unpaired) electrons. The van der Waals surface area contributed by atoms with E-state index in [0.717, 1.165) is 17.0 Å². The number of ether oxygens (including phenoxy) is 1. The number of benzene rings is 1. The van der Waals surface area contributed by atoms with Crippen LogP contribution in [0.2, 0.25) is 5.02 Å². The van der Waals surface area contributed by atoms with Crippen LogP contribution in [0.1, 0.15) is 42.9 Å². The molecule has 0 saturated heterocycles. The van der Waals surface area contributed by atoms with E-state index in [1.807, 2.05) is 0 Å². The third-order valence-corrected chi connectivity index (χ3v) is 5.45. The van der Waals surface area contributed by atoms with Crippen LogP contribution in [0.3, 0.4) is 0 Å². The molecule has 4 rings (SSSR count). The first-order valence-electron chi connectivity index (χ1n) is 8.42. The summed E-state index contributed by atoms with van der Waals surface area (Å²) in [4.78, 5) is 4.83. The van der Waals surface area contributed by atoms with E-state index in [4.69, 9.17) is 27.1 Å². The molecule has 2 heterocycles. The van der Waals surface area contributed by atoms with Crippen LogP contribution in [0, 0.1) is 11.7 Å². The predicted molar refractivity (Wildman–Crippen MR) is 93.1 cm³/mol. The smallest absolute Gasteiger partial charge is 0.149 e. The van der Waals surface area contributed by atoms with Crippen LogP contribution in [-0.2, 0) is 0 Å². The minimum Gasteiger partial charge on any atom is -0.490 e. The molecule has 2 aliphatic rings. The second-order valence-electron chi connectivity index (χ2n) is 6.81. The summed E-state index contributed by atoms with van der Waals surface area (Å²) in [5, 5.41) is 0.0863. The molecule has 126 valence electrons. The fourth-order valence-electron chi connectivity index (χ4n) is 3.50. The van der Waals surface area contributed by atoms with E-state index in [1.54, 1.807) is 12.1 Å². The van der Waals surface area contributed by atoms with E-state index in [0.29, 0.717) is 30.3 Å². The molecular weight excluding hydrogens is 327 g/mol. The van der Waals surface area contributed by atoms with Crippen molar-refractivity contribution in [3.8, 4) is 17.0 Å². The summed E-state index contributed by atoms with van der Waals surface area (Å²) >= 11 is 6.21. The number of hydrogen-bond acceptors (Lipinski definition) is 3. The van der Waals surface area contributed by atoms with Crippen LogP contribution < -0.4 is 10.5 Å². The zero-order valence-corrected chi connectivity index (χ0v) is 14.3. The lowest BCUT2D eigenvalue weighted by Gasteiger charge is -2.18. The standard InChI is InChI=1S/C19H20ClFN2O/c1-10-9-24-19-13(10)7-16(14(8-22)11-5-6-11)23-18(19)12-3-2-4-15(21)17(12)20/h2-4,7,10-11,14H,5-6,8-9,22H2,1H3. The third-order valence-electron chi connectivity index (χ3n) is 5.06. The van der Waals surface area contributed by atoms with Crippen molar-refractivity contribution in [3.63, 3.8) is 0 Å². The Kier molecular flexibility index (Phi) is 3.97. The van der Waals surface area contributed by atoms with Gasteiger partial charge in [-0.2, -0.15) is 0 Å². The molecule has 1 saturated carbocycles. The molecule has 2 atom stereocenters. The van der Waals surface area contributed by atoms with E-state index in [9.17, 15) is 4.39 Å². The highest BCUT2D eigenvalue weighted by atomic mass is 35.5. The average molecular weight is 347 g/mol. The van der Waals surface area contributed by atoms with Gasteiger partial charge in [0, 0.05) is 35.2 Å². The Morgan fingerprint density at radius 1 is 1.42 bits per heavy atom. The fraction of sp³-hybridized carbons (Fsp3) is 0.421. The number of nitrogens with zero attached hydrogens (tertiary/aromatic N) is 1. The Morgan fingerprint density at radius 2 is 2.21 bits per heavy atom. The first-order valence-corrected chi connectivity index (χ1v) is 8.80. The Morgan fingerprint density at radius 3 is 2.92 bits per heavy atom. The number of rotatable bonds is 4. The highest BCUT2D eigenvalue weighted by molar-refractivity contribution is 6.33. The van der Waals surface area contributed by atoms with Gasteiger partial charge in [-0.1, -0.05) is 30.7 Å². The number of pyridine rings is 1. The second-order valence-corrected chi connectivity index (χ2v) is 7.19. The van der Waals surface area contributed by atoms with E-state index in [2.05, 4.69) is 13.0 Å². The fourth-order valence-corrected chi connectivity index (χ4v) is 3.72. The Labute approximate surface area is 146 Å². The first-order chi connectivity index (χ1) is 11.6. The number of aromatic nitrogens is 1. The molecule has 1 aromatic heterocycles. The van der Waals surface area contributed by atoms with Crippen molar-refractivity contribution in [3.05, 3.63) is 46.4 Å². The molecule has 2 unspecified atom stereocenters. The van der Waals surface area contributed by atoms with Gasteiger partial charge in [0.05, 0.1) is 11.6 Å². The number of nitrogens with two attached hydrogens (primary N) is 1. The van der Waals surface area contributed by atoms with Crippen molar-refractivity contribution in [2.75, 3.05) is 13.2 Å². The van der Waals surface area contributed by atoms with Gasteiger partial charge in [-0.25, -0.2) is 9.37 Å². The summed E-state index contributed by atoms with van der Waals surface area (Å²) in [6, 6.07) is 6.92. The van der Waals surface area contributed by atoms with E-state index < -0.39 is 5.82 Å². The molecule has 1 aliphatic heterocycles. The molecule has 1 aromatic carbocycles. The lowest BCUT2D eigenvalue weighted by atomic mass is 9.93. The van der Waals surface area contributed by atoms with Gasteiger partial charge in [-0.05, 0) is 30.9 Å². The SMILES string of the molecule is CC1COc2c1cc(C(CN)C1CC1)nc2-c1cccc(F)c1Cl. The summed E-state index contributed by atoms with van der Waals surface area (Å²) in [6.07, 6.45) is 2.39. The van der Waals surface area contributed by atoms with Crippen molar-refractivity contribution in [2.24, 2.45) is 11.7 Å². The maximum absolute atomic E-state index is 13.9.